The van der Waals surface area contributed by atoms with Crippen LogP contribution in [0.15, 0.2) is 6.20 Å². The van der Waals surface area contributed by atoms with Gasteiger partial charge >= 0.3 is 0 Å². The normalized spacial score (nSPS) is 26.2. The number of rotatable bonds is 2. The molecule has 0 saturated carbocycles. The molecule has 1 atom stereocenters. The minimum absolute atomic E-state index is 0.389. The molecule has 1 N–H and O–H groups in total. The molecule has 1 saturated heterocycles. The third-order valence-corrected chi connectivity index (χ3v) is 4.12. The first-order valence-electron chi connectivity index (χ1n) is 6.92. The van der Waals surface area contributed by atoms with Gasteiger partial charge in [-0.25, -0.2) is 4.98 Å². The fourth-order valence-electron chi connectivity index (χ4n) is 2.88. The lowest BCUT2D eigenvalue weighted by Crippen LogP contribution is -2.44. The predicted molar refractivity (Wildman–Crippen MR) is 71.4 cm³/mol. The van der Waals surface area contributed by atoms with E-state index in [2.05, 4.69) is 44.8 Å². The van der Waals surface area contributed by atoms with Crippen molar-refractivity contribution in [1.29, 1.82) is 0 Å². The summed E-state index contributed by atoms with van der Waals surface area (Å²) < 4.78 is 2.40. The first-order chi connectivity index (χ1) is 8.74. The molecule has 2 aliphatic heterocycles. The zero-order valence-electron chi connectivity index (χ0n) is 11.4. The number of hydrogen-bond acceptors (Lipinski definition) is 4. The average Bonchev–Trinajstić information content (AvgIpc) is 2.77. The first kappa shape index (κ1) is 12.1. The summed E-state index contributed by atoms with van der Waals surface area (Å²) in [6, 6.07) is 0.389. The van der Waals surface area contributed by atoms with E-state index in [1.165, 1.54) is 37.7 Å². The second-order valence-electron chi connectivity index (χ2n) is 5.51. The molecule has 3 rings (SSSR count). The lowest BCUT2D eigenvalue weighted by atomic mass is 10.2. The lowest BCUT2D eigenvalue weighted by Gasteiger charge is -2.33. The maximum atomic E-state index is 4.58. The van der Waals surface area contributed by atoms with Gasteiger partial charge in [0.15, 0.2) is 0 Å². The van der Waals surface area contributed by atoms with E-state index in [9.17, 15) is 0 Å². The molecule has 100 valence electrons. The number of likely N-dealkylation sites (N-methyl/N-ethyl adjacent to an activating group) is 1. The third-order valence-electron chi connectivity index (χ3n) is 4.12. The van der Waals surface area contributed by atoms with Crippen LogP contribution < -0.4 is 5.32 Å². The highest BCUT2D eigenvalue weighted by Crippen LogP contribution is 2.18. The van der Waals surface area contributed by atoms with Crippen LogP contribution in [0.25, 0.3) is 0 Å². The number of piperazine rings is 1. The number of hydrogen-bond donors (Lipinski definition) is 1. The van der Waals surface area contributed by atoms with Crippen molar-refractivity contribution < 1.29 is 0 Å². The van der Waals surface area contributed by atoms with Crippen LogP contribution in [0.3, 0.4) is 0 Å². The van der Waals surface area contributed by atoms with E-state index in [1.54, 1.807) is 0 Å². The number of imidazole rings is 1. The fraction of sp³-hybridized carbons (Fsp3) is 0.769. The molecule has 0 bridgehead atoms. The van der Waals surface area contributed by atoms with Gasteiger partial charge in [0.1, 0.15) is 5.82 Å². The number of aromatic nitrogens is 2. The summed E-state index contributed by atoms with van der Waals surface area (Å²) in [5.74, 6) is 1.20. The molecular weight excluding hydrogens is 226 g/mol. The van der Waals surface area contributed by atoms with E-state index in [4.69, 9.17) is 0 Å². The van der Waals surface area contributed by atoms with Crippen molar-refractivity contribution in [2.75, 3.05) is 39.8 Å². The lowest BCUT2D eigenvalue weighted by molar-refractivity contribution is 0.145. The van der Waals surface area contributed by atoms with Crippen LogP contribution >= 0.6 is 0 Å². The van der Waals surface area contributed by atoms with Crippen molar-refractivity contribution in [1.82, 2.24) is 24.7 Å². The van der Waals surface area contributed by atoms with Crippen molar-refractivity contribution >= 4 is 0 Å². The fourth-order valence-corrected chi connectivity index (χ4v) is 2.88. The second kappa shape index (κ2) is 4.99. The highest BCUT2D eigenvalue weighted by atomic mass is 15.3. The van der Waals surface area contributed by atoms with E-state index in [0.29, 0.717) is 6.04 Å². The maximum Gasteiger partial charge on any atom is 0.125 e. The summed E-state index contributed by atoms with van der Waals surface area (Å²) in [5.41, 5.74) is 1.38. The minimum atomic E-state index is 0.389. The Hall–Kier alpha value is -0.910. The van der Waals surface area contributed by atoms with Gasteiger partial charge in [0.2, 0.25) is 0 Å². The van der Waals surface area contributed by atoms with Crippen LogP contribution in [0.5, 0.6) is 0 Å². The van der Waals surface area contributed by atoms with E-state index in [0.717, 1.165) is 19.6 Å². The molecule has 5 nitrogen and oxygen atoms in total. The topological polar surface area (TPSA) is 36.3 Å². The smallest absolute Gasteiger partial charge is 0.125 e. The van der Waals surface area contributed by atoms with Gasteiger partial charge < -0.3 is 14.8 Å². The molecule has 2 aliphatic rings. The van der Waals surface area contributed by atoms with Gasteiger partial charge in [-0.05, 0) is 14.0 Å². The van der Waals surface area contributed by atoms with Crippen LogP contribution in [0.1, 0.15) is 24.5 Å². The monoisotopic (exact) mass is 249 g/mol. The molecule has 0 unspecified atom stereocenters. The zero-order valence-corrected chi connectivity index (χ0v) is 11.4. The van der Waals surface area contributed by atoms with Crippen LogP contribution in [0, 0.1) is 0 Å². The molecule has 3 heterocycles. The Balaban J connectivity index is 1.70. The Morgan fingerprint density at radius 3 is 2.83 bits per heavy atom. The third kappa shape index (κ3) is 2.30. The SMILES string of the molecule is C[C@H]1NCCn2c(CN3CCN(C)CC3)cnc21. The molecule has 0 radical (unpaired) electrons. The Morgan fingerprint density at radius 1 is 1.28 bits per heavy atom. The number of fused-ring (bicyclic) bond motifs is 1. The van der Waals surface area contributed by atoms with Crippen molar-refractivity contribution in [3.05, 3.63) is 17.7 Å². The van der Waals surface area contributed by atoms with Gasteiger partial charge in [-0.15, -0.1) is 0 Å². The van der Waals surface area contributed by atoms with Gasteiger partial charge in [-0.3, -0.25) is 4.90 Å². The standard InChI is InChI=1S/C13H23N5/c1-11-13-15-9-12(18(13)4-3-14-11)10-17-7-5-16(2)6-8-17/h9,11,14H,3-8,10H2,1-2H3/t11-/m1/s1. The quantitative estimate of drug-likeness (QED) is 0.817. The Bertz CT molecular complexity index is 406. The highest BCUT2D eigenvalue weighted by Gasteiger charge is 2.21. The van der Waals surface area contributed by atoms with Crippen LogP contribution in [-0.4, -0.2) is 59.1 Å². The predicted octanol–water partition coefficient (Wildman–Crippen LogP) is 0.295. The van der Waals surface area contributed by atoms with Gasteiger partial charge in [0.05, 0.1) is 11.7 Å². The summed E-state index contributed by atoms with van der Waals surface area (Å²) >= 11 is 0. The molecule has 0 aromatic carbocycles. The maximum absolute atomic E-state index is 4.58. The number of nitrogens with zero attached hydrogens (tertiary/aromatic N) is 4. The molecule has 18 heavy (non-hydrogen) atoms. The van der Waals surface area contributed by atoms with Gasteiger partial charge in [-0.1, -0.05) is 0 Å². The molecule has 5 heteroatoms. The van der Waals surface area contributed by atoms with Crippen molar-refractivity contribution in [2.24, 2.45) is 0 Å². The summed E-state index contributed by atoms with van der Waals surface area (Å²) in [6.45, 7) is 10.1. The van der Waals surface area contributed by atoms with Gasteiger partial charge in [-0.2, -0.15) is 0 Å². The molecular formula is C13H23N5. The summed E-state index contributed by atoms with van der Waals surface area (Å²) in [5, 5.41) is 3.46. The average molecular weight is 249 g/mol. The van der Waals surface area contributed by atoms with E-state index in [1.807, 2.05) is 0 Å². The number of nitrogens with one attached hydrogen (secondary N) is 1. The Labute approximate surface area is 109 Å². The molecule has 0 aliphatic carbocycles. The summed E-state index contributed by atoms with van der Waals surface area (Å²) in [4.78, 5) is 9.52. The van der Waals surface area contributed by atoms with Crippen LogP contribution in [0.2, 0.25) is 0 Å². The zero-order chi connectivity index (χ0) is 12.5. The first-order valence-corrected chi connectivity index (χ1v) is 6.92. The van der Waals surface area contributed by atoms with Crippen molar-refractivity contribution in [3.63, 3.8) is 0 Å². The Kier molecular flexibility index (Phi) is 3.37. The van der Waals surface area contributed by atoms with E-state index in [-0.39, 0.29) is 0 Å². The van der Waals surface area contributed by atoms with E-state index >= 15 is 0 Å². The van der Waals surface area contributed by atoms with Crippen LogP contribution in [-0.2, 0) is 13.1 Å². The molecule has 1 aromatic rings. The molecule has 0 amide bonds. The molecule has 1 fully saturated rings. The van der Waals surface area contributed by atoms with Crippen LogP contribution in [0.4, 0.5) is 0 Å². The molecule has 1 aromatic heterocycles. The van der Waals surface area contributed by atoms with Gasteiger partial charge in [0.25, 0.3) is 0 Å². The highest BCUT2D eigenvalue weighted by molar-refractivity contribution is 5.10. The van der Waals surface area contributed by atoms with Crippen molar-refractivity contribution in [2.45, 2.75) is 26.1 Å². The molecule has 0 spiro atoms. The van der Waals surface area contributed by atoms with Gasteiger partial charge in [0, 0.05) is 52.0 Å². The summed E-state index contributed by atoms with van der Waals surface area (Å²) in [7, 11) is 2.20. The minimum Gasteiger partial charge on any atom is -0.328 e. The van der Waals surface area contributed by atoms with Crippen molar-refractivity contribution in [3.8, 4) is 0 Å². The Morgan fingerprint density at radius 2 is 2.06 bits per heavy atom. The largest absolute Gasteiger partial charge is 0.328 e. The summed E-state index contributed by atoms with van der Waals surface area (Å²) in [6.07, 6.45) is 2.07. The second-order valence-corrected chi connectivity index (χ2v) is 5.51. The van der Waals surface area contributed by atoms with E-state index < -0.39 is 0 Å².